The van der Waals surface area contributed by atoms with Crippen molar-refractivity contribution in [2.24, 2.45) is 7.05 Å². The van der Waals surface area contributed by atoms with Crippen molar-refractivity contribution in [2.45, 2.75) is 33.4 Å². The Hall–Kier alpha value is -2.38. The van der Waals surface area contributed by atoms with Gasteiger partial charge in [0.1, 0.15) is 5.69 Å². The summed E-state index contributed by atoms with van der Waals surface area (Å²) >= 11 is 0. The maximum atomic E-state index is 11.2. The molecule has 1 N–H and O–H groups in total. The maximum absolute atomic E-state index is 11.2. The first-order valence-electron chi connectivity index (χ1n) is 6.47. The molecule has 0 saturated carbocycles. The minimum Gasteiger partial charge on any atom is -0.359 e. The zero-order chi connectivity index (χ0) is 14.7. The molecule has 0 spiro atoms. The molecule has 0 radical (unpaired) electrons. The number of aromatic nitrogens is 4. The number of aryl methyl sites for hydroxylation is 3. The van der Waals surface area contributed by atoms with E-state index < -0.39 is 0 Å². The Kier molecular flexibility index (Phi) is 4.02. The molecule has 0 saturated heterocycles. The third-order valence-corrected chi connectivity index (χ3v) is 3.07. The van der Waals surface area contributed by atoms with Crippen molar-refractivity contribution < 1.29 is 4.92 Å². The van der Waals surface area contributed by atoms with E-state index in [0.29, 0.717) is 24.6 Å². The summed E-state index contributed by atoms with van der Waals surface area (Å²) in [6.45, 7) is 4.77. The molecule has 2 heterocycles. The third-order valence-electron chi connectivity index (χ3n) is 3.07. The summed E-state index contributed by atoms with van der Waals surface area (Å²) in [6.07, 6.45) is 2.55. The molecule has 20 heavy (non-hydrogen) atoms. The fourth-order valence-corrected chi connectivity index (χ4v) is 2.09. The smallest absolute Gasteiger partial charge is 0.333 e. The summed E-state index contributed by atoms with van der Waals surface area (Å²) < 4.78 is 3.38. The minimum atomic E-state index is -0.389. The zero-order valence-electron chi connectivity index (χ0n) is 11.8. The van der Waals surface area contributed by atoms with E-state index in [0.717, 1.165) is 12.1 Å². The number of hydrogen-bond acceptors (Lipinski definition) is 5. The average Bonchev–Trinajstić information content (AvgIpc) is 2.91. The second-order valence-corrected chi connectivity index (χ2v) is 4.56. The SMILES string of the molecule is CCCn1nc(C)c([N+](=O)[O-])c1NCc1ccnn1C. The van der Waals surface area contributed by atoms with Gasteiger partial charge in [0.15, 0.2) is 0 Å². The summed E-state index contributed by atoms with van der Waals surface area (Å²) in [4.78, 5) is 10.8. The molecule has 2 aromatic rings. The van der Waals surface area contributed by atoms with Gasteiger partial charge in [-0.2, -0.15) is 10.2 Å². The summed E-state index contributed by atoms with van der Waals surface area (Å²) in [5.74, 6) is 0.454. The van der Waals surface area contributed by atoms with Crippen LogP contribution in [0.4, 0.5) is 11.5 Å². The first kappa shape index (κ1) is 14.0. The number of rotatable bonds is 6. The Morgan fingerprint density at radius 1 is 1.50 bits per heavy atom. The van der Waals surface area contributed by atoms with Gasteiger partial charge in [0, 0.05) is 19.8 Å². The minimum absolute atomic E-state index is 0.0422. The lowest BCUT2D eigenvalue weighted by atomic mass is 10.3. The lowest BCUT2D eigenvalue weighted by molar-refractivity contribution is -0.384. The van der Waals surface area contributed by atoms with E-state index in [1.165, 1.54) is 0 Å². The van der Waals surface area contributed by atoms with Crippen molar-refractivity contribution in [2.75, 3.05) is 5.32 Å². The van der Waals surface area contributed by atoms with Crippen LogP contribution in [-0.4, -0.2) is 24.5 Å². The largest absolute Gasteiger partial charge is 0.359 e. The fourth-order valence-electron chi connectivity index (χ4n) is 2.09. The van der Waals surface area contributed by atoms with Crippen LogP contribution in [0.3, 0.4) is 0 Å². The van der Waals surface area contributed by atoms with Crippen LogP contribution in [0.5, 0.6) is 0 Å². The van der Waals surface area contributed by atoms with Crippen LogP contribution >= 0.6 is 0 Å². The second-order valence-electron chi connectivity index (χ2n) is 4.56. The van der Waals surface area contributed by atoms with Crippen LogP contribution < -0.4 is 5.32 Å². The molecule has 0 fully saturated rings. The Labute approximate surface area is 116 Å². The van der Waals surface area contributed by atoms with Crippen LogP contribution in [0.1, 0.15) is 24.7 Å². The van der Waals surface area contributed by atoms with E-state index >= 15 is 0 Å². The number of anilines is 1. The highest BCUT2D eigenvalue weighted by Crippen LogP contribution is 2.28. The summed E-state index contributed by atoms with van der Waals surface area (Å²) in [5.41, 5.74) is 1.41. The van der Waals surface area contributed by atoms with Crippen molar-refractivity contribution in [3.8, 4) is 0 Å². The molecule has 8 heteroatoms. The van der Waals surface area contributed by atoms with Crippen molar-refractivity contribution in [3.05, 3.63) is 33.8 Å². The molecule has 2 rings (SSSR count). The highest BCUT2D eigenvalue weighted by molar-refractivity contribution is 5.59. The van der Waals surface area contributed by atoms with E-state index in [1.807, 2.05) is 20.0 Å². The molecular weight excluding hydrogens is 260 g/mol. The van der Waals surface area contributed by atoms with Crippen molar-refractivity contribution in [3.63, 3.8) is 0 Å². The van der Waals surface area contributed by atoms with Crippen LogP contribution in [0.2, 0.25) is 0 Å². The van der Waals surface area contributed by atoms with E-state index in [9.17, 15) is 10.1 Å². The van der Waals surface area contributed by atoms with Crippen molar-refractivity contribution >= 4 is 11.5 Å². The predicted octanol–water partition coefficient (Wildman–Crippen LogP) is 1.86. The van der Waals surface area contributed by atoms with Crippen LogP contribution in [0.15, 0.2) is 12.3 Å². The summed E-state index contributed by atoms with van der Waals surface area (Å²) in [6, 6.07) is 1.87. The molecule has 0 aliphatic heterocycles. The zero-order valence-corrected chi connectivity index (χ0v) is 11.8. The first-order valence-corrected chi connectivity index (χ1v) is 6.47. The molecule has 0 aromatic carbocycles. The number of nitrogens with one attached hydrogen (secondary N) is 1. The lowest BCUT2D eigenvalue weighted by Crippen LogP contribution is -2.11. The van der Waals surface area contributed by atoms with Gasteiger partial charge < -0.3 is 5.32 Å². The normalized spacial score (nSPS) is 10.8. The Balaban J connectivity index is 2.28. The first-order chi connectivity index (χ1) is 9.54. The van der Waals surface area contributed by atoms with Crippen LogP contribution in [-0.2, 0) is 20.1 Å². The van der Waals surface area contributed by atoms with E-state index in [4.69, 9.17) is 0 Å². The number of nitro groups is 1. The molecule has 0 bridgehead atoms. The highest BCUT2D eigenvalue weighted by Gasteiger charge is 2.24. The predicted molar refractivity (Wildman–Crippen MR) is 74.4 cm³/mol. The summed E-state index contributed by atoms with van der Waals surface area (Å²) in [7, 11) is 1.83. The van der Waals surface area contributed by atoms with Gasteiger partial charge in [-0.25, -0.2) is 4.68 Å². The lowest BCUT2D eigenvalue weighted by Gasteiger charge is -2.08. The second kappa shape index (κ2) is 5.72. The highest BCUT2D eigenvalue weighted by atomic mass is 16.6. The van der Waals surface area contributed by atoms with E-state index in [2.05, 4.69) is 15.5 Å². The van der Waals surface area contributed by atoms with Gasteiger partial charge in [0.25, 0.3) is 0 Å². The van der Waals surface area contributed by atoms with Gasteiger partial charge >= 0.3 is 5.69 Å². The number of hydrogen-bond donors (Lipinski definition) is 1. The molecule has 0 aliphatic carbocycles. The molecule has 0 unspecified atom stereocenters. The fraction of sp³-hybridized carbons (Fsp3) is 0.500. The van der Waals surface area contributed by atoms with Crippen LogP contribution in [0, 0.1) is 17.0 Å². The number of nitrogens with zero attached hydrogens (tertiary/aromatic N) is 5. The third kappa shape index (κ3) is 2.63. The Bertz CT molecular complexity index is 615. The molecule has 0 amide bonds. The standard InChI is InChI=1S/C12H18N6O2/c1-4-7-17-12(11(18(19)20)9(2)15-17)13-8-10-5-6-14-16(10)3/h5-6,13H,4,7-8H2,1-3H3. The van der Waals surface area contributed by atoms with Crippen molar-refractivity contribution in [1.29, 1.82) is 0 Å². The summed E-state index contributed by atoms with van der Waals surface area (Å²) in [5, 5.41) is 22.6. The Morgan fingerprint density at radius 2 is 2.25 bits per heavy atom. The molecule has 0 aliphatic rings. The topological polar surface area (TPSA) is 90.8 Å². The molecule has 108 valence electrons. The molecule has 0 atom stereocenters. The van der Waals surface area contributed by atoms with Crippen LogP contribution in [0.25, 0.3) is 0 Å². The Morgan fingerprint density at radius 3 is 2.80 bits per heavy atom. The molecule has 2 aromatic heterocycles. The average molecular weight is 278 g/mol. The van der Waals surface area contributed by atoms with Gasteiger partial charge in [0.05, 0.1) is 17.2 Å². The maximum Gasteiger partial charge on any atom is 0.333 e. The van der Waals surface area contributed by atoms with Gasteiger partial charge in [-0.15, -0.1) is 0 Å². The monoisotopic (exact) mass is 278 g/mol. The van der Waals surface area contributed by atoms with Gasteiger partial charge in [-0.1, -0.05) is 6.92 Å². The molecule has 8 nitrogen and oxygen atoms in total. The van der Waals surface area contributed by atoms with Crippen molar-refractivity contribution in [1.82, 2.24) is 19.6 Å². The van der Waals surface area contributed by atoms with Gasteiger partial charge in [0.2, 0.25) is 5.82 Å². The van der Waals surface area contributed by atoms with Gasteiger partial charge in [-0.05, 0) is 19.4 Å². The molecular formula is C12H18N6O2. The van der Waals surface area contributed by atoms with E-state index in [-0.39, 0.29) is 10.6 Å². The van der Waals surface area contributed by atoms with Gasteiger partial charge in [-0.3, -0.25) is 14.8 Å². The quantitative estimate of drug-likeness (QED) is 0.643. The van der Waals surface area contributed by atoms with E-state index in [1.54, 1.807) is 22.5 Å².